The van der Waals surface area contributed by atoms with Crippen molar-refractivity contribution >= 4 is 11.6 Å². The highest BCUT2D eigenvalue weighted by Crippen LogP contribution is 2.50. The molecule has 2 atom stereocenters. The molecule has 3 heteroatoms. The van der Waals surface area contributed by atoms with Crippen LogP contribution in [0.4, 0.5) is 0 Å². The summed E-state index contributed by atoms with van der Waals surface area (Å²) in [5.41, 5.74) is 0.145. The summed E-state index contributed by atoms with van der Waals surface area (Å²) in [4.78, 5) is 24.3. The molecule has 16 heavy (non-hydrogen) atoms. The lowest BCUT2D eigenvalue weighted by molar-refractivity contribution is 0.0814. The lowest BCUT2D eigenvalue weighted by Crippen LogP contribution is -2.40. The molecule has 0 radical (unpaired) electrons. The van der Waals surface area contributed by atoms with Gasteiger partial charge in [-0.2, -0.15) is 0 Å². The zero-order valence-electron chi connectivity index (χ0n) is 9.19. The number of ketones is 2. The second-order valence-corrected chi connectivity index (χ2v) is 4.68. The maximum atomic E-state index is 12.3. The van der Waals surface area contributed by atoms with Gasteiger partial charge in [0.1, 0.15) is 0 Å². The number of carbonyl (C=O) groups excluding carboxylic acids is 2. The van der Waals surface area contributed by atoms with Crippen LogP contribution in [0.5, 0.6) is 0 Å². The van der Waals surface area contributed by atoms with Crippen molar-refractivity contribution < 1.29 is 14.3 Å². The minimum Gasteiger partial charge on any atom is -0.348 e. The van der Waals surface area contributed by atoms with Crippen LogP contribution in [0.3, 0.4) is 0 Å². The first kappa shape index (κ1) is 9.73. The molecule has 0 N–H and O–H groups in total. The summed E-state index contributed by atoms with van der Waals surface area (Å²) in [5, 5.41) is 0. The highest BCUT2D eigenvalue weighted by molar-refractivity contribution is 6.22. The van der Waals surface area contributed by atoms with Crippen molar-refractivity contribution in [2.24, 2.45) is 5.92 Å². The van der Waals surface area contributed by atoms with Crippen LogP contribution in [-0.4, -0.2) is 23.3 Å². The number of rotatable bonds is 1. The van der Waals surface area contributed by atoms with E-state index < -0.39 is 11.7 Å². The minimum atomic E-state index is -0.870. The van der Waals surface area contributed by atoms with Gasteiger partial charge in [-0.25, -0.2) is 0 Å². The van der Waals surface area contributed by atoms with E-state index in [2.05, 4.69) is 0 Å². The SMILES string of the molecule is CC(C)[C@]12O[C@H]1C(=O)c1ccccc1C2=O. The van der Waals surface area contributed by atoms with Gasteiger partial charge in [0.05, 0.1) is 0 Å². The fourth-order valence-electron chi connectivity index (χ4n) is 2.53. The van der Waals surface area contributed by atoms with Crippen molar-refractivity contribution in [2.45, 2.75) is 25.6 Å². The molecule has 1 heterocycles. The van der Waals surface area contributed by atoms with E-state index >= 15 is 0 Å². The predicted octanol–water partition coefficient (Wildman–Crippen LogP) is 1.86. The molecule has 0 amide bonds. The molecule has 3 rings (SSSR count). The van der Waals surface area contributed by atoms with Crippen molar-refractivity contribution in [3.8, 4) is 0 Å². The van der Waals surface area contributed by atoms with Crippen LogP contribution in [0.15, 0.2) is 24.3 Å². The van der Waals surface area contributed by atoms with Gasteiger partial charge < -0.3 is 4.74 Å². The van der Waals surface area contributed by atoms with Gasteiger partial charge in [0.15, 0.2) is 23.3 Å². The Morgan fingerprint density at radius 1 is 1.19 bits per heavy atom. The van der Waals surface area contributed by atoms with Crippen LogP contribution in [0.1, 0.15) is 34.6 Å². The standard InChI is InChI=1S/C13H12O3/c1-7(2)13-11(15)9-6-4-3-5-8(9)10(14)12(13)16-13/h3-7,12H,1-2H3/t12-,13+/m0/s1. The average Bonchev–Trinajstić information content (AvgIpc) is 3.03. The van der Waals surface area contributed by atoms with Crippen LogP contribution in [-0.2, 0) is 4.74 Å². The summed E-state index contributed by atoms with van der Waals surface area (Å²) in [6, 6.07) is 6.95. The van der Waals surface area contributed by atoms with Crippen LogP contribution in [0, 0.1) is 5.92 Å². The van der Waals surface area contributed by atoms with E-state index in [1.54, 1.807) is 24.3 Å². The van der Waals surface area contributed by atoms with E-state index in [-0.39, 0.29) is 17.5 Å². The molecule has 82 valence electrons. The molecule has 0 bridgehead atoms. The molecule has 1 aliphatic heterocycles. The van der Waals surface area contributed by atoms with E-state index in [9.17, 15) is 9.59 Å². The molecule has 0 aromatic heterocycles. The van der Waals surface area contributed by atoms with E-state index in [1.165, 1.54) is 0 Å². The number of carbonyl (C=O) groups is 2. The van der Waals surface area contributed by atoms with Crippen molar-refractivity contribution in [3.05, 3.63) is 35.4 Å². The number of hydrogen-bond acceptors (Lipinski definition) is 3. The van der Waals surface area contributed by atoms with Crippen LogP contribution >= 0.6 is 0 Å². The maximum absolute atomic E-state index is 12.3. The quantitative estimate of drug-likeness (QED) is 0.673. The number of benzene rings is 1. The number of hydrogen-bond donors (Lipinski definition) is 0. The average molecular weight is 216 g/mol. The van der Waals surface area contributed by atoms with E-state index in [0.717, 1.165) is 0 Å². The molecule has 1 aliphatic carbocycles. The Kier molecular flexibility index (Phi) is 1.70. The van der Waals surface area contributed by atoms with Gasteiger partial charge in [0.25, 0.3) is 0 Å². The van der Waals surface area contributed by atoms with Crippen LogP contribution < -0.4 is 0 Å². The predicted molar refractivity (Wildman–Crippen MR) is 57.5 cm³/mol. The number of Topliss-reactive ketones (excluding diaryl/α,β-unsaturated/α-hetero) is 2. The summed E-state index contributed by atoms with van der Waals surface area (Å²) in [6.07, 6.45) is -0.546. The van der Waals surface area contributed by atoms with Crippen LogP contribution in [0.25, 0.3) is 0 Å². The van der Waals surface area contributed by atoms with Crippen molar-refractivity contribution in [3.63, 3.8) is 0 Å². The van der Waals surface area contributed by atoms with E-state index in [0.29, 0.717) is 11.1 Å². The molecule has 0 saturated carbocycles. The van der Waals surface area contributed by atoms with Gasteiger partial charge >= 0.3 is 0 Å². The summed E-state index contributed by atoms with van der Waals surface area (Å²) < 4.78 is 5.43. The lowest BCUT2D eigenvalue weighted by Gasteiger charge is -2.21. The summed E-state index contributed by atoms with van der Waals surface area (Å²) in [5.74, 6) is -0.0612. The first-order valence-electron chi connectivity index (χ1n) is 5.45. The normalized spacial score (nSPS) is 31.3. The summed E-state index contributed by atoms with van der Waals surface area (Å²) in [6.45, 7) is 3.83. The van der Waals surface area contributed by atoms with Crippen molar-refractivity contribution in [1.82, 2.24) is 0 Å². The van der Waals surface area contributed by atoms with Gasteiger partial charge in [0.2, 0.25) is 0 Å². The van der Waals surface area contributed by atoms with Gasteiger partial charge in [-0.1, -0.05) is 38.1 Å². The summed E-state index contributed by atoms with van der Waals surface area (Å²) in [7, 11) is 0. The Balaban J connectivity index is 2.20. The highest BCUT2D eigenvalue weighted by Gasteiger charge is 2.70. The molecule has 3 nitrogen and oxygen atoms in total. The highest BCUT2D eigenvalue weighted by atomic mass is 16.6. The molecular weight excluding hydrogens is 204 g/mol. The van der Waals surface area contributed by atoms with E-state index in [4.69, 9.17) is 4.74 Å². The zero-order valence-corrected chi connectivity index (χ0v) is 9.19. The third-order valence-corrected chi connectivity index (χ3v) is 3.53. The third-order valence-electron chi connectivity index (χ3n) is 3.53. The first-order chi connectivity index (χ1) is 7.59. The largest absolute Gasteiger partial charge is 0.348 e. The fraction of sp³-hybridized carbons (Fsp3) is 0.385. The fourth-order valence-corrected chi connectivity index (χ4v) is 2.53. The van der Waals surface area contributed by atoms with E-state index in [1.807, 2.05) is 13.8 Å². The number of fused-ring (bicyclic) bond motifs is 2. The lowest BCUT2D eigenvalue weighted by atomic mass is 9.76. The molecular formula is C13H12O3. The zero-order chi connectivity index (χ0) is 11.5. The summed E-state index contributed by atoms with van der Waals surface area (Å²) >= 11 is 0. The topological polar surface area (TPSA) is 46.7 Å². The Labute approximate surface area is 93.4 Å². The Bertz CT molecular complexity index is 504. The monoisotopic (exact) mass is 216 g/mol. The molecule has 1 fully saturated rings. The maximum Gasteiger partial charge on any atom is 0.198 e. The van der Waals surface area contributed by atoms with Gasteiger partial charge in [-0.05, 0) is 5.92 Å². The molecule has 0 spiro atoms. The van der Waals surface area contributed by atoms with Crippen LogP contribution in [0.2, 0.25) is 0 Å². The number of ether oxygens (including phenoxy) is 1. The first-order valence-corrected chi connectivity index (χ1v) is 5.45. The molecule has 2 aliphatic rings. The molecule has 0 unspecified atom stereocenters. The number of epoxide rings is 1. The van der Waals surface area contributed by atoms with Crippen molar-refractivity contribution in [1.29, 1.82) is 0 Å². The second kappa shape index (κ2) is 2.80. The third kappa shape index (κ3) is 0.919. The molecule has 1 aromatic carbocycles. The van der Waals surface area contributed by atoms with Crippen molar-refractivity contribution in [2.75, 3.05) is 0 Å². The van der Waals surface area contributed by atoms with Gasteiger partial charge in [0, 0.05) is 11.1 Å². The molecule has 1 aromatic rings. The Morgan fingerprint density at radius 2 is 1.81 bits per heavy atom. The molecule has 1 saturated heterocycles. The smallest absolute Gasteiger partial charge is 0.198 e. The second-order valence-electron chi connectivity index (χ2n) is 4.68. The Hall–Kier alpha value is -1.48. The minimum absolute atomic E-state index is 0.0299. The van der Waals surface area contributed by atoms with Gasteiger partial charge in [-0.15, -0.1) is 0 Å². The Morgan fingerprint density at radius 3 is 2.44 bits per heavy atom. The van der Waals surface area contributed by atoms with Gasteiger partial charge in [-0.3, -0.25) is 9.59 Å².